The Bertz CT molecular complexity index is 883. The Kier molecular flexibility index (Phi) is 4.81. The van der Waals surface area contributed by atoms with E-state index in [1.54, 1.807) is 4.68 Å². The van der Waals surface area contributed by atoms with E-state index in [2.05, 4.69) is 17.0 Å². The first-order chi connectivity index (χ1) is 12.8. The van der Waals surface area contributed by atoms with Crippen LogP contribution in [0.15, 0.2) is 11.1 Å². The Morgan fingerprint density at radius 1 is 1.33 bits per heavy atom. The lowest BCUT2D eigenvalue weighted by Crippen LogP contribution is -2.64. The van der Waals surface area contributed by atoms with E-state index in [-0.39, 0.29) is 0 Å². The molecule has 2 N–H and O–H groups in total. The van der Waals surface area contributed by atoms with Crippen LogP contribution in [0.2, 0.25) is 0 Å². The average molecular weight is 374 g/mol. The maximum Gasteiger partial charge on any atom is 0.421 e. The van der Waals surface area contributed by atoms with E-state index < -0.39 is 30.4 Å². The van der Waals surface area contributed by atoms with Gasteiger partial charge in [-0.15, -0.1) is 9.78 Å². The molecule has 0 radical (unpaired) electrons. The largest absolute Gasteiger partial charge is 0.421 e. The van der Waals surface area contributed by atoms with Crippen LogP contribution >= 0.6 is 0 Å². The molecule has 144 valence electrons. The molecule has 1 aromatic rings. The van der Waals surface area contributed by atoms with Gasteiger partial charge in [0.25, 0.3) is 5.91 Å². The van der Waals surface area contributed by atoms with Gasteiger partial charge in [-0.3, -0.25) is 19.4 Å². The smallest absolute Gasteiger partial charge is 0.368 e. The van der Waals surface area contributed by atoms with Crippen LogP contribution in [0.5, 0.6) is 0 Å². The summed E-state index contributed by atoms with van der Waals surface area (Å²) in [7, 11) is 1.54. The number of unbranched alkanes of at least 4 members (excludes halogenated alkanes) is 1. The van der Waals surface area contributed by atoms with Gasteiger partial charge in [-0.05, 0) is 26.3 Å². The minimum atomic E-state index is -0.780. The summed E-state index contributed by atoms with van der Waals surface area (Å²) >= 11 is 0. The highest BCUT2D eigenvalue weighted by atomic mass is 16.2. The van der Waals surface area contributed by atoms with Crippen molar-refractivity contribution in [1.82, 2.24) is 19.6 Å². The molecule has 3 heterocycles. The Morgan fingerprint density at radius 3 is 2.59 bits per heavy atom. The molecular weight excluding hydrogens is 350 g/mol. The fourth-order valence-corrected chi connectivity index (χ4v) is 3.37. The molecule has 0 bridgehead atoms. The van der Waals surface area contributed by atoms with Crippen molar-refractivity contribution in [1.29, 1.82) is 0 Å². The molecule has 1 atom stereocenters. The molecule has 3 rings (SSSR count). The van der Waals surface area contributed by atoms with Gasteiger partial charge in [-0.2, -0.15) is 0 Å². The highest BCUT2D eigenvalue weighted by Gasteiger charge is 2.53. The number of amidine groups is 1. The number of rotatable bonds is 5. The number of urea groups is 1. The number of hydrogen-bond acceptors (Lipinski definition) is 5. The number of nitrogens with two attached hydrogens (primary N) is 1. The summed E-state index contributed by atoms with van der Waals surface area (Å²) in [6, 6.07) is 0.528. The number of fused-ring (bicyclic) bond motifs is 1. The van der Waals surface area contributed by atoms with Crippen molar-refractivity contribution in [2.24, 2.45) is 10.7 Å². The van der Waals surface area contributed by atoms with Crippen molar-refractivity contribution in [2.45, 2.75) is 39.7 Å². The molecule has 10 nitrogen and oxygen atoms in total. The number of likely N-dealkylation sites (N-methyl/N-ethyl adjacent to an activating group) is 1. The number of hydrogen-bond donors (Lipinski definition) is 1. The maximum absolute atomic E-state index is 13.0. The number of nitrogens with zero attached hydrogens (tertiary/aromatic N) is 6. The fourth-order valence-electron chi connectivity index (χ4n) is 3.37. The van der Waals surface area contributed by atoms with E-state index in [1.165, 1.54) is 11.9 Å². The second-order valence-corrected chi connectivity index (χ2v) is 6.79. The molecule has 4 amide bonds. The van der Waals surface area contributed by atoms with Crippen molar-refractivity contribution in [3.05, 3.63) is 17.5 Å². The van der Waals surface area contributed by atoms with Crippen LogP contribution in [0, 0.1) is 13.8 Å². The van der Waals surface area contributed by atoms with E-state index in [9.17, 15) is 14.4 Å². The quantitative estimate of drug-likeness (QED) is 0.711. The zero-order valence-corrected chi connectivity index (χ0v) is 16.0. The monoisotopic (exact) mass is 374 g/mol. The van der Waals surface area contributed by atoms with Gasteiger partial charge in [0.1, 0.15) is 12.2 Å². The zero-order valence-electron chi connectivity index (χ0n) is 16.0. The number of aromatic nitrogens is 2. The molecular formula is C17H24N7O3+. The van der Waals surface area contributed by atoms with Gasteiger partial charge in [0.15, 0.2) is 0 Å². The first-order valence-corrected chi connectivity index (χ1v) is 8.89. The summed E-state index contributed by atoms with van der Waals surface area (Å²) in [6.07, 6.45) is 1.76. The number of aliphatic imine (C=N–C) groups is 1. The Labute approximate surface area is 156 Å². The van der Waals surface area contributed by atoms with Gasteiger partial charge in [-0.25, -0.2) is 9.37 Å². The second kappa shape index (κ2) is 6.93. The first kappa shape index (κ1) is 18.7. The third-order valence-electron chi connectivity index (χ3n) is 4.65. The number of carbonyl (C=O) groups is 3. The van der Waals surface area contributed by atoms with Crippen LogP contribution in [0.4, 0.5) is 4.79 Å². The lowest BCUT2D eigenvalue weighted by Gasteiger charge is -2.33. The molecule has 1 saturated heterocycles. The number of imide groups is 1. The van der Waals surface area contributed by atoms with Crippen LogP contribution in [0.3, 0.4) is 0 Å². The number of carbonyl (C=O) groups excluding carboxylic acids is 3. The fraction of sp³-hybridized carbons (Fsp3) is 0.529. The van der Waals surface area contributed by atoms with E-state index in [1.807, 2.05) is 24.5 Å². The Morgan fingerprint density at radius 2 is 2.04 bits per heavy atom. The van der Waals surface area contributed by atoms with E-state index in [0.717, 1.165) is 29.1 Å². The molecule has 2 aliphatic rings. The first-order valence-electron chi connectivity index (χ1n) is 8.89. The summed E-state index contributed by atoms with van der Waals surface area (Å²) in [6.45, 7) is 5.95. The van der Waals surface area contributed by atoms with Crippen LogP contribution < -0.4 is 5.73 Å². The van der Waals surface area contributed by atoms with Crippen LogP contribution in [0.1, 0.15) is 31.2 Å². The second-order valence-electron chi connectivity index (χ2n) is 6.79. The summed E-state index contributed by atoms with van der Waals surface area (Å²) in [5.41, 5.74) is 6.93. The summed E-state index contributed by atoms with van der Waals surface area (Å²) in [5.74, 6) is -0.401. The van der Waals surface area contributed by atoms with E-state index in [0.29, 0.717) is 18.3 Å². The minimum Gasteiger partial charge on any atom is -0.368 e. The van der Waals surface area contributed by atoms with Crippen LogP contribution in [-0.2, 0) is 9.59 Å². The number of primary amides is 1. The minimum absolute atomic E-state index is 0.337. The number of amides is 4. The Balaban J connectivity index is 2.11. The SMILES string of the molecule is CCCC[N+]1=C(n2nc(C)cc2C)N=C2C1C(=O)N(CC(N)=O)C(=O)N2C. The van der Waals surface area contributed by atoms with Crippen molar-refractivity contribution in [3.63, 3.8) is 0 Å². The Hall–Kier alpha value is -3.04. The molecule has 0 spiro atoms. The lowest BCUT2D eigenvalue weighted by molar-refractivity contribution is -0.538. The highest BCUT2D eigenvalue weighted by Crippen LogP contribution is 2.21. The maximum atomic E-state index is 13.0. The van der Waals surface area contributed by atoms with E-state index >= 15 is 0 Å². The molecule has 27 heavy (non-hydrogen) atoms. The number of aryl methyl sites for hydroxylation is 2. The van der Waals surface area contributed by atoms with Crippen molar-refractivity contribution in [3.8, 4) is 0 Å². The van der Waals surface area contributed by atoms with Gasteiger partial charge in [0.05, 0.1) is 12.2 Å². The van der Waals surface area contributed by atoms with Gasteiger partial charge in [-0.1, -0.05) is 18.3 Å². The third-order valence-corrected chi connectivity index (χ3v) is 4.65. The van der Waals surface area contributed by atoms with Gasteiger partial charge >= 0.3 is 12.0 Å². The molecule has 10 heteroatoms. The summed E-state index contributed by atoms with van der Waals surface area (Å²) < 4.78 is 3.53. The van der Waals surface area contributed by atoms with E-state index in [4.69, 9.17) is 5.73 Å². The summed E-state index contributed by atoms with van der Waals surface area (Å²) in [4.78, 5) is 43.7. The molecule has 0 saturated carbocycles. The molecule has 0 aliphatic carbocycles. The van der Waals surface area contributed by atoms with Gasteiger partial charge in [0.2, 0.25) is 17.8 Å². The molecule has 1 fully saturated rings. The van der Waals surface area contributed by atoms with Gasteiger partial charge < -0.3 is 5.73 Å². The third kappa shape index (κ3) is 3.11. The summed E-state index contributed by atoms with van der Waals surface area (Å²) in [5, 5.41) is 4.47. The normalized spacial score (nSPS) is 19.7. The standard InChI is InChI=1S/C17H23N7O3/c1-5-6-7-22-13-14(19-16(22)24-11(3)8-10(2)20-24)21(4)17(27)23(15(13)26)9-12(18)25/h8,13H,5-7,9H2,1-4H3,(H-,18,25)/p+1. The highest BCUT2D eigenvalue weighted by molar-refractivity contribution is 6.23. The molecule has 0 aromatic carbocycles. The van der Waals surface area contributed by atoms with Crippen molar-refractivity contribution in [2.75, 3.05) is 20.1 Å². The predicted octanol–water partition coefficient (Wildman–Crippen LogP) is -0.323. The van der Waals surface area contributed by atoms with Gasteiger partial charge in [0, 0.05) is 7.05 Å². The van der Waals surface area contributed by atoms with Crippen LogP contribution in [0.25, 0.3) is 0 Å². The molecule has 1 aromatic heterocycles. The zero-order chi connectivity index (χ0) is 19.9. The van der Waals surface area contributed by atoms with Crippen molar-refractivity contribution >= 4 is 29.6 Å². The van der Waals surface area contributed by atoms with Crippen molar-refractivity contribution < 1.29 is 19.0 Å². The average Bonchev–Trinajstić information content (AvgIpc) is 3.14. The lowest BCUT2D eigenvalue weighted by atomic mass is 10.1. The predicted molar refractivity (Wildman–Crippen MR) is 97.4 cm³/mol. The molecule has 1 unspecified atom stereocenters. The topological polar surface area (TPSA) is 117 Å². The molecule has 2 aliphatic heterocycles. The van der Waals surface area contributed by atoms with Crippen LogP contribution in [-0.4, -0.2) is 80.0 Å².